The maximum Gasteiger partial charge on any atom is 0.261 e. The molecule has 0 fully saturated rings. The lowest BCUT2D eigenvalue weighted by Crippen LogP contribution is -1.90. The molecule has 6 nitrogen and oxygen atoms in total. The minimum Gasteiger partial charge on any atom is -0.390 e. The van der Waals surface area contributed by atoms with Crippen molar-refractivity contribution in [2.45, 2.75) is 19.3 Å². The maximum atomic E-state index is 6.11. The number of fused-ring (bicyclic) bond motifs is 1. The lowest BCUT2D eigenvalue weighted by Gasteiger charge is -1.96. The van der Waals surface area contributed by atoms with Gasteiger partial charge in [0, 0.05) is 18.1 Å². The van der Waals surface area contributed by atoms with E-state index >= 15 is 0 Å². The van der Waals surface area contributed by atoms with E-state index in [1.54, 1.807) is 16.0 Å². The van der Waals surface area contributed by atoms with Crippen LogP contribution in [0.25, 0.3) is 23.0 Å². The first-order chi connectivity index (χ1) is 9.72. The number of thiophene rings is 1. The second-order valence-corrected chi connectivity index (χ2v) is 6.03. The first-order valence-corrected chi connectivity index (χ1v) is 7.28. The molecule has 0 amide bonds. The van der Waals surface area contributed by atoms with Crippen LogP contribution in [0.3, 0.4) is 0 Å². The molecule has 102 valence electrons. The molecular weight excluding hydrogens is 274 g/mol. The fourth-order valence-corrected chi connectivity index (χ4v) is 3.78. The maximum absolute atomic E-state index is 6.11. The fourth-order valence-electron chi connectivity index (χ4n) is 2.62. The van der Waals surface area contributed by atoms with E-state index in [1.807, 2.05) is 19.3 Å². The van der Waals surface area contributed by atoms with Crippen molar-refractivity contribution in [3.63, 3.8) is 0 Å². The molecule has 3 aromatic heterocycles. The van der Waals surface area contributed by atoms with Crippen molar-refractivity contribution in [2.75, 3.05) is 5.73 Å². The average Bonchev–Trinajstić information content (AvgIpc) is 3.11. The van der Waals surface area contributed by atoms with Crippen LogP contribution in [-0.4, -0.2) is 19.9 Å². The van der Waals surface area contributed by atoms with Crippen LogP contribution >= 0.6 is 11.3 Å². The van der Waals surface area contributed by atoms with Crippen molar-refractivity contribution in [3.8, 4) is 23.0 Å². The number of nitrogens with zero attached hydrogens (tertiary/aromatic N) is 4. The van der Waals surface area contributed by atoms with E-state index in [2.05, 4.69) is 15.2 Å². The van der Waals surface area contributed by atoms with Crippen LogP contribution in [0.2, 0.25) is 0 Å². The Morgan fingerprint density at radius 1 is 1.40 bits per heavy atom. The topological polar surface area (TPSA) is 82.8 Å². The molecule has 0 aliphatic heterocycles. The number of aromatic nitrogens is 4. The van der Waals surface area contributed by atoms with Crippen molar-refractivity contribution in [1.29, 1.82) is 0 Å². The SMILES string of the molecule is Cn1ccc(-c2noc(-c3c(N)sc4c3CCC4)n2)n1. The van der Waals surface area contributed by atoms with Gasteiger partial charge >= 0.3 is 0 Å². The van der Waals surface area contributed by atoms with Crippen molar-refractivity contribution in [2.24, 2.45) is 7.05 Å². The summed E-state index contributed by atoms with van der Waals surface area (Å²) in [6, 6.07) is 1.86. The van der Waals surface area contributed by atoms with E-state index in [1.165, 1.54) is 16.9 Å². The van der Waals surface area contributed by atoms with Gasteiger partial charge in [-0.2, -0.15) is 10.1 Å². The normalized spacial score (nSPS) is 13.8. The summed E-state index contributed by atoms with van der Waals surface area (Å²) < 4.78 is 7.11. The van der Waals surface area contributed by atoms with E-state index in [0.717, 1.165) is 23.4 Å². The number of rotatable bonds is 2. The third-order valence-corrected chi connectivity index (χ3v) is 4.65. The van der Waals surface area contributed by atoms with Gasteiger partial charge in [0.2, 0.25) is 5.82 Å². The number of anilines is 1. The number of nitrogens with two attached hydrogens (primary N) is 1. The predicted molar refractivity (Wildman–Crippen MR) is 76.3 cm³/mol. The molecular formula is C13H13N5OS. The third kappa shape index (κ3) is 1.66. The van der Waals surface area contributed by atoms with Crippen LogP contribution in [0.5, 0.6) is 0 Å². The van der Waals surface area contributed by atoms with Gasteiger partial charge in [0.15, 0.2) is 0 Å². The van der Waals surface area contributed by atoms with Crippen LogP contribution in [-0.2, 0) is 19.9 Å². The molecule has 2 N–H and O–H groups in total. The highest BCUT2D eigenvalue weighted by Crippen LogP contribution is 2.42. The standard InChI is InChI=1S/C13H13N5OS/c1-18-6-5-8(16-18)12-15-13(19-17-12)10-7-3-2-4-9(7)20-11(10)14/h5-6H,2-4,14H2,1H3. The van der Waals surface area contributed by atoms with E-state index in [4.69, 9.17) is 10.3 Å². The quantitative estimate of drug-likeness (QED) is 0.781. The van der Waals surface area contributed by atoms with Gasteiger partial charge in [0.05, 0.1) is 10.6 Å². The highest BCUT2D eigenvalue weighted by atomic mass is 32.1. The number of nitrogen functional groups attached to an aromatic ring is 1. The Balaban J connectivity index is 1.79. The molecule has 0 bridgehead atoms. The summed E-state index contributed by atoms with van der Waals surface area (Å²) >= 11 is 1.64. The summed E-state index contributed by atoms with van der Waals surface area (Å²) in [4.78, 5) is 5.80. The second kappa shape index (κ2) is 4.17. The lowest BCUT2D eigenvalue weighted by atomic mass is 10.1. The molecule has 0 unspecified atom stereocenters. The predicted octanol–water partition coefficient (Wildman–Crippen LogP) is 2.27. The Morgan fingerprint density at radius 2 is 2.30 bits per heavy atom. The molecule has 0 aromatic carbocycles. The van der Waals surface area contributed by atoms with Gasteiger partial charge in [-0.05, 0) is 30.9 Å². The van der Waals surface area contributed by atoms with Gasteiger partial charge in [-0.25, -0.2) is 0 Å². The minimum absolute atomic E-state index is 0.498. The van der Waals surface area contributed by atoms with Crippen LogP contribution in [0.4, 0.5) is 5.00 Å². The zero-order valence-electron chi connectivity index (χ0n) is 11.0. The van der Waals surface area contributed by atoms with E-state index in [9.17, 15) is 0 Å². The van der Waals surface area contributed by atoms with Gasteiger partial charge in [-0.1, -0.05) is 5.16 Å². The van der Waals surface area contributed by atoms with Gasteiger partial charge in [0.25, 0.3) is 5.89 Å². The van der Waals surface area contributed by atoms with Gasteiger partial charge in [0.1, 0.15) is 5.69 Å². The average molecular weight is 287 g/mol. The number of hydrogen-bond acceptors (Lipinski definition) is 6. The van der Waals surface area contributed by atoms with Crippen molar-refractivity contribution in [1.82, 2.24) is 19.9 Å². The summed E-state index contributed by atoms with van der Waals surface area (Å²) in [6.07, 6.45) is 5.17. The zero-order valence-corrected chi connectivity index (χ0v) is 11.8. The number of hydrogen-bond donors (Lipinski definition) is 1. The Bertz CT molecular complexity index is 785. The summed E-state index contributed by atoms with van der Waals surface area (Å²) in [6.45, 7) is 0. The summed E-state index contributed by atoms with van der Waals surface area (Å²) in [5, 5.41) is 9.05. The van der Waals surface area contributed by atoms with Crippen LogP contribution in [0.1, 0.15) is 16.9 Å². The molecule has 1 aliphatic rings. The second-order valence-electron chi connectivity index (χ2n) is 4.89. The molecule has 7 heteroatoms. The molecule has 4 rings (SSSR count). The lowest BCUT2D eigenvalue weighted by molar-refractivity contribution is 0.432. The molecule has 0 saturated heterocycles. The Hall–Kier alpha value is -2.15. The largest absolute Gasteiger partial charge is 0.390 e. The first-order valence-electron chi connectivity index (χ1n) is 6.46. The molecule has 3 heterocycles. The highest BCUT2D eigenvalue weighted by Gasteiger charge is 2.25. The summed E-state index contributed by atoms with van der Waals surface area (Å²) in [5.41, 5.74) is 9.02. The molecule has 1 aliphatic carbocycles. The van der Waals surface area contributed by atoms with E-state index in [0.29, 0.717) is 17.4 Å². The van der Waals surface area contributed by atoms with Gasteiger partial charge in [-0.15, -0.1) is 11.3 Å². The molecule has 0 atom stereocenters. The van der Waals surface area contributed by atoms with E-state index < -0.39 is 0 Å². The first kappa shape index (κ1) is 11.7. The Morgan fingerprint density at radius 3 is 3.10 bits per heavy atom. The zero-order chi connectivity index (χ0) is 13.7. The summed E-state index contributed by atoms with van der Waals surface area (Å²) in [5.74, 6) is 1.00. The van der Waals surface area contributed by atoms with Gasteiger partial charge in [-0.3, -0.25) is 4.68 Å². The molecule has 0 radical (unpaired) electrons. The minimum atomic E-state index is 0.498. The molecule has 3 aromatic rings. The van der Waals surface area contributed by atoms with Crippen LogP contribution in [0.15, 0.2) is 16.8 Å². The monoisotopic (exact) mass is 287 g/mol. The fraction of sp³-hybridized carbons (Fsp3) is 0.308. The van der Waals surface area contributed by atoms with Crippen molar-refractivity contribution in [3.05, 3.63) is 22.7 Å². The molecule has 20 heavy (non-hydrogen) atoms. The highest BCUT2D eigenvalue weighted by molar-refractivity contribution is 7.16. The molecule has 0 spiro atoms. The third-order valence-electron chi connectivity index (χ3n) is 3.53. The smallest absolute Gasteiger partial charge is 0.261 e. The summed E-state index contributed by atoms with van der Waals surface area (Å²) in [7, 11) is 1.86. The Kier molecular flexibility index (Phi) is 2.43. The van der Waals surface area contributed by atoms with Crippen LogP contribution in [0, 0.1) is 0 Å². The number of aryl methyl sites for hydroxylation is 2. The Labute approximate surface area is 119 Å². The van der Waals surface area contributed by atoms with Crippen LogP contribution < -0.4 is 5.73 Å². The van der Waals surface area contributed by atoms with E-state index in [-0.39, 0.29) is 0 Å². The van der Waals surface area contributed by atoms with Crippen molar-refractivity contribution < 1.29 is 4.52 Å². The van der Waals surface area contributed by atoms with Crippen molar-refractivity contribution >= 4 is 16.3 Å². The van der Waals surface area contributed by atoms with Gasteiger partial charge < -0.3 is 10.3 Å². The molecule has 0 saturated carbocycles.